The average Bonchev–Trinajstić information content (AvgIpc) is 2.23. The predicted octanol–water partition coefficient (Wildman–Crippen LogP) is 2.78. The molecule has 0 bridgehead atoms. The molecule has 0 heterocycles. The minimum absolute atomic E-state index is 0.0103. The van der Waals surface area contributed by atoms with Crippen LogP contribution in [0.3, 0.4) is 0 Å². The summed E-state index contributed by atoms with van der Waals surface area (Å²) in [6, 6.07) is 4.53. The summed E-state index contributed by atoms with van der Waals surface area (Å²) < 4.78 is 28.1. The topological polar surface area (TPSA) is 52.3 Å². The zero-order valence-electron chi connectivity index (χ0n) is 8.96. The van der Waals surface area contributed by atoms with Gasteiger partial charge in [-0.25, -0.2) is 8.78 Å². The monoisotopic (exact) mass is 263 g/mol. The Bertz CT molecular complexity index is 399. The summed E-state index contributed by atoms with van der Waals surface area (Å²) in [7, 11) is 0. The molecular weight excluding hydrogens is 252 g/mol. The Hall–Kier alpha value is -1.20. The zero-order valence-corrected chi connectivity index (χ0v) is 9.71. The molecule has 0 saturated heterocycles. The molecule has 0 atom stereocenters. The van der Waals surface area contributed by atoms with Crippen molar-refractivity contribution in [1.82, 2.24) is 0 Å². The number of carbonyl (C=O) groups is 1. The molecule has 0 fully saturated rings. The summed E-state index contributed by atoms with van der Waals surface area (Å²) in [5.41, 5.74) is 6.26. The lowest BCUT2D eigenvalue weighted by Crippen LogP contribution is -2.09. The fraction of sp³-hybridized carbons (Fsp3) is 0.364. The van der Waals surface area contributed by atoms with Gasteiger partial charge in [0.2, 0.25) is 0 Å². The number of nitrogen functional groups attached to an aromatic ring is 1. The second-order valence-corrected chi connectivity index (χ2v) is 3.79. The van der Waals surface area contributed by atoms with E-state index < -0.39 is 13.0 Å². The highest BCUT2D eigenvalue weighted by Gasteiger charge is 2.11. The van der Waals surface area contributed by atoms with Gasteiger partial charge in [0, 0.05) is 17.7 Å². The van der Waals surface area contributed by atoms with Gasteiger partial charge < -0.3 is 10.5 Å². The Morgan fingerprint density at radius 2 is 2.18 bits per heavy atom. The SMILES string of the molecule is Nc1ccc(C(=O)CCOCC(F)F)c(Cl)c1. The van der Waals surface area contributed by atoms with E-state index >= 15 is 0 Å². The van der Waals surface area contributed by atoms with Crippen molar-refractivity contribution < 1.29 is 18.3 Å². The number of anilines is 1. The van der Waals surface area contributed by atoms with Crippen molar-refractivity contribution >= 4 is 23.1 Å². The predicted molar refractivity (Wildman–Crippen MR) is 61.6 cm³/mol. The maximum absolute atomic E-state index is 11.7. The molecule has 0 unspecified atom stereocenters. The number of Topliss-reactive ketones (excluding diaryl/α,β-unsaturated/α-hetero) is 1. The Balaban J connectivity index is 2.47. The first-order valence-corrected chi connectivity index (χ1v) is 5.32. The number of nitrogens with two attached hydrogens (primary N) is 1. The van der Waals surface area contributed by atoms with Gasteiger partial charge in [-0.05, 0) is 18.2 Å². The summed E-state index contributed by atoms with van der Waals surface area (Å²) in [6.45, 7) is -0.716. The molecule has 0 radical (unpaired) electrons. The van der Waals surface area contributed by atoms with Crippen molar-refractivity contribution in [2.45, 2.75) is 12.8 Å². The molecule has 17 heavy (non-hydrogen) atoms. The minimum atomic E-state index is -2.52. The third kappa shape index (κ3) is 4.66. The second-order valence-electron chi connectivity index (χ2n) is 3.38. The van der Waals surface area contributed by atoms with Crippen LogP contribution in [0.4, 0.5) is 14.5 Å². The lowest BCUT2D eigenvalue weighted by atomic mass is 10.1. The summed E-state index contributed by atoms with van der Waals surface area (Å²) >= 11 is 5.83. The van der Waals surface area contributed by atoms with Crippen LogP contribution in [0.2, 0.25) is 5.02 Å². The molecule has 1 aromatic carbocycles. The van der Waals surface area contributed by atoms with Crippen LogP contribution >= 0.6 is 11.6 Å². The van der Waals surface area contributed by atoms with E-state index in [0.29, 0.717) is 11.3 Å². The molecule has 94 valence electrons. The highest BCUT2D eigenvalue weighted by atomic mass is 35.5. The number of hydrogen-bond donors (Lipinski definition) is 1. The minimum Gasteiger partial charge on any atom is -0.399 e. The Labute approximate surface area is 103 Å². The molecule has 0 saturated carbocycles. The third-order valence-electron chi connectivity index (χ3n) is 2.01. The van der Waals surface area contributed by atoms with E-state index in [9.17, 15) is 13.6 Å². The zero-order chi connectivity index (χ0) is 12.8. The number of carbonyl (C=O) groups excluding carboxylic acids is 1. The fourth-order valence-corrected chi connectivity index (χ4v) is 1.52. The quantitative estimate of drug-likeness (QED) is 0.488. The van der Waals surface area contributed by atoms with Crippen molar-refractivity contribution in [3.63, 3.8) is 0 Å². The standard InChI is InChI=1S/C11H12ClF2NO2/c12-9-5-7(15)1-2-8(9)10(16)3-4-17-6-11(13)14/h1-2,5,11H,3-4,6,15H2. The fourth-order valence-electron chi connectivity index (χ4n) is 1.23. The lowest BCUT2D eigenvalue weighted by molar-refractivity contribution is 0.0170. The van der Waals surface area contributed by atoms with Gasteiger partial charge in [0.05, 0.1) is 11.6 Å². The number of rotatable bonds is 6. The van der Waals surface area contributed by atoms with Crippen LogP contribution in [-0.2, 0) is 4.74 Å². The van der Waals surface area contributed by atoms with Crippen molar-refractivity contribution in [1.29, 1.82) is 0 Å². The highest BCUT2D eigenvalue weighted by Crippen LogP contribution is 2.20. The van der Waals surface area contributed by atoms with Crippen LogP contribution in [0.25, 0.3) is 0 Å². The van der Waals surface area contributed by atoms with E-state index in [1.807, 2.05) is 0 Å². The van der Waals surface area contributed by atoms with Gasteiger partial charge in [0.25, 0.3) is 6.43 Å². The van der Waals surface area contributed by atoms with Crippen molar-refractivity contribution in [3.8, 4) is 0 Å². The first-order valence-electron chi connectivity index (χ1n) is 4.95. The third-order valence-corrected chi connectivity index (χ3v) is 2.32. The molecule has 3 nitrogen and oxygen atoms in total. The van der Waals surface area contributed by atoms with Gasteiger partial charge >= 0.3 is 0 Å². The van der Waals surface area contributed by atoms with Gasteiger partial charge in [-0.2, -0.15) is 0 Å². The van der Waals surface area contributed by atoms with Gasteiger partial charge in [0.1, 0.15) is 6.61 Å². The van der Waals surface area contributed by atoms with Gasteiger partial charge in [-0.1, -0.05) is 11.6 Å². The molecule has 2 N–H and O–H groups in total. The number of benzene rings is 1. The Morgan fingerprint density at radius 3 is 2.76 bits per heavy atom. The van der Waals surface area contributed by atoms with Crippen LogP contribution in [0.1, 0.15) is 16.8 Å². The van der Waals surface area contributed by atoms with Gasteiger partial charge in [0.15, 0.2) is 5.78 Å². The van der Waals surface area contributed by atoms with Crippen molar-refractivity contribution in [2.24, 2.45) is 0 Å². The van der Waals surface area contributed by atoms with E-state index in [0.717, 1.165) is 0 Å². The molecule has 0 aromatic heterocycles. The number of ketones is 1. The molecule has 0 aliphatic rings. The Kier molecular flexibility index (Phi) is 5.31. The maximum atomic E-state index is 11.7. The normalized spacial score (nSPS) is 10.8. The van der Waals surface area contributed by atoms with E-state index in [1.54, 1.807) is 6.07 Å². The number of hydrogen-bond acceptors (Lipinski definition) is 3. The molecule has 0 aliphatic carbocycles. The van der Waals surface area contributed by atoms with E-state index in [4.69, 9.17) is 17.3 Å². The molecule has 0 amide bonds. The van der Waals surface area contributed by atoms with E-state index in [-0.39, 0.29) is 23.8 Å². The molecule has 6 heteroatoms. The van der Waals surface area contributed by atoms with Crippen molar-refractivity contribution in [3.05, 3.63) is 28.8 Å². The summed E-state index contributed by atoms with van der Waals surface area (Å²) in [5, 5.41) is 0.254. The highest BCUT2D eigenvalue weighted by molar-refractivity contribution is 6.34. The number of halogens is 3. The van der Waals surface area contributed by atoms with Gasteiger partial charge in [-0.3, -0.25) is 4.79 Å². The van der Waals surface area contributed by atoms with Crippen molar-refractivity contribution in [2.75, 3.05) is 18.9 Å². The summed E-state index contributed by atoms with van der Waals surface area (Å²) in [4.78, 5) is 11.6. The summed E-state index contributed by atoms with van der Waals surface area (Å²) in [5.74, 6) is -0.260. The smallest absolute Gasteiger partial charge is 0.261 e. The maximum Gasteiger partial charge on any atom is 0.261 e. The summed E-state index contributed by atoms with van der Waals surface area (Å²) in [6.07, 6.45) is -2.51. The number of ether oxygens (including phenoxy) is 1. The molecule has 0 spiro atoms. The lowest BCUT2D eigenvalue weighted by Gasteiger charge is -2.05. The van der Waals surface area contributed by atoms with Gasteiger partial charge in [-0.15, -0.1) is 0 Å². The van der Waals surface area contributed by atoms with Crippen LogP contribution < -0.4 is 5.73 Å². The van der Waals surface area contributed by atoms with Crippen LogP contribution in [0, 0.1) is 0 Å². The Morgan fingerprint density at radius 1 is 1.47 bits per heavy atom. The first-order chi connectivity index (χ1) is 8.00. The molecular formula is C11H12ClF2NO2. The molecule has 1 aromatic rings. The molecule has 1 rings (SSSR count). The first kappa shape index (κ1) is 13.9. The largest absolute Gasteiger partial charge is 0.399 e. The molecule has 0 aliphatic heterocycles. The van der Waals surface area contributed by atoms with Crippen LogP contribution in [0.15, 0.2) is 18.2 Å². The van der Waals surface area contributed by atoms with Crippen LogP contribution in [0.5, 0.6) is 0 Å². The van der Waals surface area contributed by atoms with E-state index in [2.05, 4.69) is 4.74 Å². The second kappa shape index (κ2) is 6.51. The number of alkyl halides is 2. The van der Waals surface area contributed by atoms with E-state index in [1.165, 1.54) is 12.1 Å². The average molecular weight is 264 g/mol. The van der Waals surface area contributed by atoms with Crippen LogP contribution in [-0.4, -0.2) is 25.4 Å².